The van der Waals surface area contributed by atoms with Crippen molar-refractivity contribution in [3.8, 4) is 0 Å². The second kappa shape index (κ2) is 3.23. The van der Waals surface area contributed by atoms with E-state index in [4.69, 9.17) is 4.74 Å². The molecule has 1 rings (SSSR count). The zero-order valence-corrected chi connectivity index (χ0v) is 9.09. The molecule has 0 saturated heterocycles. The first-order valence-electron chi connectivity index (χ1n) is 4.70. The highest BCUT2D eigenvalue weighted by Crippen LogP contribution is 2.35. The molecule has 14 heavy (non-hydrogen) atoms. The smallest absolute Gasteiger partial charge is 0.303 e. The molecular weight excluding hydrogens is 180 g/mol. The molecule has 0 bridgehead atoms. The second-order valence-electron chi connectivity index (χ2n) is 4.52. The highest BCUT2D eigenvalue weighted by molar-refractivity contribution is 5.96. The van der Waals surface area contributed by atoms with Gasteiger partial charge in [0, 0.05) is 12.3 Å². The number of carbonyl (C=O) groups excluding carboxylic acids is 2. The van der Waals surface area contributed by atoms with Crippen LogP contribution >= 0.6 is 0 Å². The molecular formula is C11H16O3. The largest absolute Gasteiger partial charge is 0.447 e. The average Bonchev–Trinajstić information content (AvgIpc) is 1.98. The zero-order valence-electron chi connectivity index (χ0n) is 9.09. The third kappa shape index (κ3) is 1.86. The number of ether oxygens (including phenoxy) is 1. The zero-order chi connectivity index (χ0) is 11.0. The number of allylic oxidation sites excluding steroid dienone is 1. The van der Waals surface area contributed by atoms with Crippen molar-refractivity contribution in [2.24, 2.45) is 5.41 Å². The molecule has 1 atom stereocenters. The van der Waals surface area contributed by atoms with Gasteiger partial charge in [0.25, 0.3) is 0 Å². The number of carbonyl (C=O) groups is 2. The Labute approximate surface area is 84.1 Å². The molecule has 0 aliphatic heterocycles. The van der Waals surface area contributed by atoms with Gasteiger partial charge in [-0.2, -0.15) is 0 Å². The van der Waals surface area contributed by atoms with E-state index in [2.05, 4.69) is 0 Å². The molecule has 3 nitrogen and oxygen atoms in total. The quantitative estimate of drug-likeness (QED) is 0.475. The minimum absolute atomic E-state index is 0.0392. The van der Waals surface area contributed by atoms with Crippen molar-refractivity contribution >= 4 is 11.8 Å². The Morgan fingerprint density at radius 3 is 2.50 bits per heavy atom. The molecule has 1 unspecified atom stereocenters. The molecule has 0 amide bonds. The van der Waals surface area contributed by atoms with Crippen LogP contribution in [0.4, 0.5) is 0 Å². The van der Waals surface area contributed by atoms with E-state index in [1.54, 1.807) is 13.0 Å². The van der Waals surface area contributed by atoms with Crippen molar-refractivity contribution in [1.29, 1.82) is 0 Å². The van der Waals surface area contributed by atoms with E-state index in [0.29, 0.717) is 6.42 Å². The van der Waals surface area contributed by atoms with Crippen LogP contribution in [-0.4, -0.2) is 17.4 Å². The lowest BCUT2D eigenvalue weighted by molar-refractivity contribution is -0.163. The molecule has 0 saturated carbocycles. The lowest BCUT2D eigenvalue weighted by atomic mass is 9.73. The second-order valence-corrected chi connectivity index (χ2v) is 4.52. The summed E-state index contributed by atoms with van der Waals surface area (Å²) >= 11 is 0. The van der Waals surface area contributed by atoms with Crippen LogP contribution in [0.25, 0.3) is 0 Å². The molecule has 0 aromatic carbocycles. The van der Waals surface area contributed by atoms with Gasteiger partial charge in [-0.05, 0) is 19.4 Å². The first-order valence-corrected chi connectivity index (χ1v) is 4.70. The van der Waals surface area contributed by atoms with Crippen LogP contribution in [-0.2, 0) is 14.3 Å². The van der Waals surface area contributed by atoms with Crippen molar-refractivity contribution in [2.75, 3.05) is 0 Å². The van der Waals surface area contributed by atoms with E-state index < -0.39 is 17.0 Å². The molecule has 1 aliphatic carbocycles. The van der Waals surface area contributed by atoms with E-state index in [1.165, 1.54) is 6.92 Å². The first-order chi connectivity index (χ1) is 6.28. The number of ketones is 1. The summed E-state index contributed by atoms with van der Waals surface area (Å²) in [7, 11) is 0. The van der Waals surface area contributed by atoms with Crippen LogP contribution in [0.3, 0.4) is 0 Å². The Morgan fingerprint density at radius 1 is 1.43 bits per heavy atom. The Bertz CT molecular complexity index is 302. The standard InChI is InChI=1S/C11H16O3/c1-8(12)14-11(4)7-5-6-10(2,3)9(11)13/h5,7H,6H2,1-4H3. The average molecular weight is 196 g/mol. The number of hydrogen-bond donors (Lipinski definition) is 0. The molecule has 78 valence electrons. The van der Waals surface area contributed by atoms with Crippen molar-refractivity contribution in [3.63, 3.8) is 0 Å². The number of rotatable bonds is 1. The van der Waals surface area contributed by atoms with Crippen LogP contribution in [0.1, 0.15) is 34.1 Å². The summed E-state index contributed by atoms with van der Waals surface area (Å²) in [5.41, 5.74) is -1.52. The summed E-state index contributed by atoms with van der Waals surface area (Å²) in [6, 6.07) is 0. The van der Waals surface area contributed by atoms with Gasteiger partial charge in [0.2, 0.25) is 0 Å². The SMILES string of the molecule is CC(=O)OC1(C)C=CCC(C)(C)C1=O. The highest BCUT2D eigenvalue weighted by Gasteiger charge is 2.45. The van der Waals surface area contributed by atoms with Gasteiger partial charge in [0.1, 0.15) is 0 Å². The van der Waals surface area contributed by atoms with Gasteiger partial charge < -0.3 is 4.74 Å². The van der Waals surface area contributed by atoms with Crippen molar-refractivity contribution in [2.45, 2.75) is 39.7 Å². The fraction of sp³-hybridized carbons (Fsp3) is 0.636. The van der Waals surface area contributed by atoms with Crippen LogP contribution in [0.5, 0.6) is 0 Å². The normalized spacial score (nSPS) is 30.1. The minimum Gasteiger partial charge on any atom is -0.447 e. The van der Waals surface area contributed by atoms with Crippen LogP contribution < -0.4 is 0 Å². The van der Waals surface area contributed by atoms with Crippen molar-refractivity contribution in [3.05, 3.63) is 12.2 Å². The minimum atomic E-state index is -1.08. The van der Waals surface area contributed by atoms with Gasteiger partial charge in [0.05, 0.1) is 0 Å². The molecule has 0 N–H and O–H groups in total. The molecule has 0 aromatic rings. The number of Topliss-reactive ketones (excluding diaryl/α,β-unsaturated/α-hetero) is 1. The highest BCUT2D eigenvalue weighted by atomic mass is 16.6. The summed E-state index contributed by atoms with van der Waals surface area (Å²) < 4.78 is 5.05. The van der Waals surface area contributed by atoms with Gasteiger partial charge in [-0.1, -0.05) is 19.9 Å². The lowest BCUT2D eigenvalue weighted by Gasteiger charge is -2.36. The monoisotopic (exact) mass is 196 g/mol. The maximum Gasteiger partial charge on any atom is 0.303 e. The molecule has 0 aromatic heterocycles. The van der Waals surface area contributed by atoms with E-state index >= 15 is 0 Å². The van der Waals surface area contributed by atoms with Crippen LogP contribution in [0, 0.1) is 5.41 Å². The van der Waals surface area contributed by atoms with Gasteiger partial charge >= 0.3 is 5.97 Å². The van der Waals surface area contributed by atoms with Crippen molar-refractivity contribution < 1.29 is 14.3 Å². The van der Waals surface area contributed by atoms with E-state index in [0.717, 1.165) is 0 Å². The Kier molecular flexibility index (Phi) is 2.52. The summed E-state index contributed by atoms with van der Waals surface area (Å²) in [4.78, 5) is 22.8. The number of hydrogen-bond acceptors (Lipinski definition) is 3. The molecule has 0 spiro atoms. The molecule has 3 heteroatoms. The Balaban J connectivity index is 2.99. The fourth-order valence-corrected chi connectivity index (χ4v) is 1.80. The Hall–Kier alpha value is -1.12. The van der Waals surface area contributed by atoms with E-state index in [1.807, 2.05) is 19.9 Å². The molecule has 1 aliphatic rings. The molecule has 0 heterocycles. The third-order valence-electron chi connectivity index (χ3n) is 2.49. The summed E-state index contributed by atoms with van der Waals surface area (Å²) in [5, 5.41) is 0. The van der Waals surface area contributed by atoms with E-state index in [9.17, 15) is 9.59 Å². The van der Waals surface area contributed by atoms with Gasteiger partial charge in [-0.25, -0.2) is 0 Å². The maximum absolute atomic E-state index is 12.0. The van der Waals surface area contributed by atoms with Crippen LogP contribution in [0.15, 0.2) is 12.2 Å². The third-order valence-corrected chi connectivity index (χ3v) is 2.49. The summed E-state index contributed by atoms with van der Waals surface area (Å²) in [6.07, 6.45) is 4.26. The van der Waals surface area contributed by atoms with Gasteiger partial charge in [-0.3, -0.25) is 9.59 Å². The van der Waals surface area contributed by atoms with Gasteiger partial charge in [-0.15, -0.1) is 0 Å². The lowest BCUT2D eigenvalue weighted by Crippen LogP contribution is -2.47. The maximum atomic E-state index is 12.0. The summed E-state index contributed by atoms with van der Waals surface area (Å²) in [6.45, 7) is 6.67. The summed E-state index contributed by atoms with van der Waals surface area (Å²) in [5.74, 6) is -0.467. The topological polar surface area (TPSA) is 43.4 Å². The van der Waals surface area contributed by atoms with Gasteiger partial charge in [0.15, 0.2) is 11.4 Å². The Morgan fingerprint density at radius 2 is 2.00 bits per heavy atom. The molecule has 0 fully saturated rings. The van der Waals surface area contributed by atoms with Crippen molar-refractivity contribution in [1.82, 2.24) is 0 Å². The predicted octanol–water partition coefficient (Wildman–Crippen LogP) is 1.86. The van der Waals surface area contributed by atoms with E-state index in [-0.39, 0.29) is 5.78 Å². The van der Waals surface area contributed by atoms with Crippen LogP contribution in [0.2, 0.25) is 0 Å². The fourth-order valence-electron chi connectivity index (χ4n) is 1.80. The predicted molar refractivity (Wildman–Crippen MR) is 52.7 cm³/mol. The first kappa shape index (κ1) is 11.0. The molecule has 0 radical (unpaired) electrons. The number of esters is 1.